The van der Waals surface area contributed by atoms with Gasteiger partial charge < -0.3 is 15.6 Å². The van der Waals surface area contributed by atoms with Crippen LogP contribution in [0, 0.1) is 10.9 Å². The first-order valence-corrected chi connectivity index (χ1v) is 7.51. The summed E-state index contributed by atoms with van der Waals surface area (Å²) < 4.78 is 0.684. The summed E-state index contributed by atoms with van der Waals surface area (Å²) in [5.41, 5.74) is 0.941. The molecule has 2 rings (SSSR count). The third-order valence-electron chi connectivity index (χ3n) is 2.86. The van der Waals surface area contributed by atoms with Gasteiger partial charge >= 0.3 is 0 Å². The number of rotatable bonds is 6. The molecule has 1 aliphatic carbocycles. The maximum atomic E-state index is 11.7. The molecule has 0 saturated heterocycles. The molecule has 0 radical (unpaired) electrons. The van der Waals surface area contributed by atoms with Crippen LogP contribution in [0.25, 0.3) is 0 Å². The Bertz CT molecular complexity index is 531. The third-order valence-corrected chi connectivity index (χ3v) is 4.20. The molecular formula is C12H17N3O2S2. The standard InChI is InChI=1S/C12H17N3O2S2/c1-7-9(19-12(18)14-7)6-11(17)13-5-4-10(16)15-8-2-3-8/h8H,2-6H2,1H3,(H,13,17)(H,14,18)(H,15,16). The fourth-order valence-corrected chi connectivity index (χ4v) is 2.95. The van der Waals surface area contributed by atoms with Crippen LogP contribution in [-0.2, 0) is 16.0 Å². The molecule has 0 spiro atoms. The Morgan fingerprint density at radius 1 is 1.42 bits per heavy atom. The highest BCUT2D eigenvalue weighted by Crippen LogP contribution is 2.18. The fraction of sp³-hybridized carbons (Fsp3) is 0.583. The van der Waals surface area contributed by atoms with E-state index in [0.717, 1.165) is 23.4 Å². The number of H-pyrrole nitrogens is 1. The maximum Gasteiger partial charge on any atom is 0.225 e. The van der Waals surface area contributed by atoms with Gasteiger partial charge in [-0.2, -0.15) is 0 Å². The highest BCUT2D eigenvalue weighted by molar-refractivity contribution is 7.73. The van der Waals surface area contributed by atoms with E-state index in [-0.39, 0.29) is 11.8 Å². The lowest BCUT2D eigenvalue weighted by atomic mass is 10.3. The van der Waals surface area contributed by atoms with Crippen molar-refractivity contribution in [1.29, 1.82) is 0 Å². The van der Waals surface area contributed by atoms with E-state index in [0.29, 0.717) is 29.4 Å². The summed E-state index contributed by atoms with van der Waals surface area (Å²) in [7, 11) is 0. The molecule has 19 heavy (non-hydrogen) atoms. The molecule has 1 heterocycles. The first-order valence-electron chi connectivity index (χ1n) is 6.29. The normalized spacial score (nSPS) is 14.2. The molecule has 1 aliphatic rings. The molecule has 1 aromatic heterocycles. The quantitative estimate of drug-likeness (QED) is 0.696. The number of aromatic nitrogens is 1. The van der Waals surface area contributed by atoms with Gasteiger partial charge in [0, 0.05) is 29.6 Å². The van der Waals surface area contributed by atoms with Gasteiger partial charge in [-0.15, -0.1) is 11.3 Å². The number of nitrogens with one attached hydrogen (secondary N) is 3. The van der Waals surface area contributed by atoms with Gasteiger partial charge in [-0.25, -0.2) is 0 Å². The zero-order chi connectivity index (χ0) is 13.8. The van der Waals surface area contributed by atoms with E-state index in [1.165, 1.54) is 11.3 Å². The van der Waals surface area contributed by atoms with Gasteiger partial charge in [-0.1, -0.05) is 0 Å². The number of carbonyl (C=O) groups excluding carboxylic acids is 2. The third kappa shape index (κ3) is 4.76. The first-order chi connectivity index (χ1) is 9.04. The summed E-state index contributed by atoms with van der Waals surface area (Å²) >= 11 is 6.44. The molecule has 0 aliphatic heterocycles. The number of thiazole rings is 1. The summed E-state index contributed by atoms with van der Waals surface area (Å²) in [4.78, 5) is 27.1. The van der Waals surface area contributed by atoms with Gasteiger partial charge in [0.1, 0.15) is 0 Å². The van der Waals surface area contributed by atoms with Gasteiger partial charge in [0.05, 0.1) is 6.42 Å². The Hall–Kier alpha value is -1.21. The predicted molar refractivity (Wildman–Crippen MR) is 76.7 cm³/mol. The summed E-state index contributed by atoms with van der Waals surface area (Å²) in [6, 6.07) is 0.373. The average Bonchev–Trinajstić information content (AvgIpc) is 3.06. The van der Waals surface area contributed by atoms with Crippen LogP contribution in [0.3, 0.4) is 0 Å². The van der Waals surface area contributed by atoms with Gasteiger partial charge in [-0.05, 0) is 32.0 Å². The Morgan fingerprint density at radius 2 is 2.16 bits per heavy atom. The molecular weight excluding hydrogens is 282 g/mol. The maximum absolute atomic E-state index is 11.7. The number of carbonyl (C=O) groups is 2. The lowest BCUT2D eigenvalue weighted by Gasteiger charge is -2.05. The van der Waals surface area contributed by atoms with Crippen LogP contribution >= 0.6 is 23.6 Å². The van der Waals surface area contributed by atoms with Gasteiger partial charge in [0.2, 0.25) is 11.8 Å². The van der Waals surface area contributed by atoms with E-state index < -0.39 is 0 Å². The van der Waals surface area contributed by atoms with Gasteiger partial charge in [0.25, 0.3) is 0 Å². The van der Waals surface area contributed by atoms with Crippen LogP contribution in [0.15, 0.2) is 0 Å². The van der Waals surface area contributed by atoms with Gasteiger partial charge in [-0.3, -0.25) is 9.59 Å². The minimum Gasteiger partial charge on any atom is -0.355 e. The first kappa shape index (κ1) is 14.2. The van der Waals surface area contributed by atoms with Crippen LogP contribution in [0.5, 0.6) is 0 Å². The second kappa shape index (κ2) is 6.29. The topological polar surface area (TPSA) is 74.0 Å². The smallest absolute Gasteiger partial charge is 0.225 e. The second-order valence-electron chi connectivity index (χ2n) is 4.68. The molecule has 0 aromatic carbocycles. The predicted octanol–water partition coefficient (Wildman–Crippen LogP) is 1.44. The minimum absolute atomic E-state index is 0.0104. The zero-order valence-corrected chi connectivity index (χ0v) is 12.4. The molecule has 0 bridgehead atoms. The van der Waals surface area contributed by atoms with Crippen molar-refractivity contribution in [1.82, 2.24) is 15.6 Å². The molecule has 104 valence electrons. The fourth-order valence-electron chi connectivity index (χ4n) is 1.66. The van der Waals surface area contributed by atoms with Crippen LogP contribution < -0.4 is 10.6 Å². The van der Waals surface area contributed by atoms with Crippen molar-refractivity contribution in [3.63, 3.8) is 0 Å². The summed E-state index contributed by atoms with van der Waals surface area (Å²) in [6.45, 7) is 2.28. The zero-order valence-electron chi connectivity index (χ0n) is 10.7. The molecule has 5 nitrogen and oxygen atoms in total. The molecule has 1 aromatic rings. The number of aromatic amines is 1. The van der Waals surface area contributed by atoms with Crippen molar-refractivity contribution in [3.05, 3.63) is 14.5 Å². The monoisotopic (exact) mass is 299 g/mol. The molecule has 0 atom stereocenters. The molecule has 2 amide bonds. The molecule has 7 heteroatoms. The van der Waals surface area contributed by atoms with E-state index in [9.17, 15) is 9.59 Å². The summed E-state index contributed by atoms with van der Waals surface area (Å²) in [6.07, 6.45) is 2.81. The number of aryl methyl sites for hydroxylation is 1. The SMILES string of the molecule is Cc1[nH]c(=S)sc1CC(=O)NCCC(=O)NC1CC1. The van der Waals surface area contributed by atoms with E-state index in [1.54, 1.807) is 0 Å². The van der Waals surface area contributed by atoms with E-state index in [4.69, 9.17) is 12.2 Å². The summed E-state index contributed by atoms with van der Waals surface area (Å²) in [5.74, 6) is -0.0659. The Kier molecular flexibility index (Phi) is 4.71. The van der Waals surface area contributed by atoms with Crippen molar-refractivity contribution in [3.8, 4) is 0 Å². The lowest BCUT2D eigenvalue weighted by molar-refractivity contribution is -0.122. The van der Waals surface area contributed by atoms with Crippen molar-refractivity contribution < 1.29 is 9.59 Å². The van der Waals surface area contributed by atoms with Crippen molar-refractivity contribution >= 4 is 35.4 Å². The van der Waals surface area contributed by atoms with Crippen molar-refractivity contribution in [2.24, 2.45) is 0 Å². The number of hydrogen-bond donors (Lipinski definition) is 3. The van der Waals surface area contributed by atoms with Crippen LogP contribution in [0.2, 0.25) is 0 Å². The number of amides is 2. The number of hydrogen-bond acceptors (Lipinski definition) is 4. The van der Waals surface area contributed by atoms with Crippen LogP contribution in [0.1, 0.15) is 29.8 Å². The molecule has 3 N–H and O–H groups in total. The average molecular weight is 299 g/mol. The minimum atomic E-state index is -0.0763. The highest BCUT2D eigenvalue weighted by Gasteiger charge is 2.22. The lowest BCUT2D eigenvalue weighted by Crippen LogP contribution is -2.32. The van der Waals surface area contributed by atoms with Gasteiger partial charge in [0.15, 0.2) is 3.95 Å². The largest absolute Gasteiger partial charge is 0.355 e. The molecule has 0 unspecified atom stereocenters. The molecule has 1 fully saturated rings. The Balaban J connectivity index is 1.68. The Morgan fingerprint density at radius 3 is 2.74 bits per heavy atom. The van der Waals surface area contributed by atoms with Crippen molar-refractivity contribution in [2.75, 3.05) is 6.54 Å². The van der Waals surface area contributed by atoms with E-state index in [2.05, 4.69) is 15.6 Å². The summed E-state index contributed by atoms with van der Waals surface area (Å²) in [5, 5.41) is 5.63. The van der Waals surface area contributed by atoms with E-state index >= 15 is 0 Å². The van der Waals surface area contributed by atoms with E-state index in [1.807, 2.05) is 6.92 Å². The van der Waals surface area contributed by atoms with Crippen LogP contribution in [0.4, 0.5) is 0 Å². The highest BCUT2D eigenvalue weighted by atomic mass is 32.1. The van der Waals surface area contributed by atoms with Crippen LogP contribution in [-0.4, -0.2) is 29.4 Å². The Labute approximate surface area is 120 Å². The van der Waals surface area contributed by atoms with Crippen molar-refractivity contribution in [2.45, 2.75) is 38.6 Å². The molecule has 1 saturated carbocycles. The second-order valence-corrected chi connectivity index (χ2v) is 6.45.